The van der Waals surface area contributed by atoms with Gasteiger partial charge in [0.1, 0.15) is 12.4 Å². The molecule has 1 aliphatic heterocycles. The standard InChI is InChI=1S/C22H29N7O/c1-3-23-22(24-14-20-26-21(28-27-20)19-7-5-13-30-19)25-17-6-4-12-29(15-17)18-10-8-16(2)9-11-18/h5,7-11,13,17H,3-4,6,12,14-15H2,1-2H3,(H2,23,24,25)(H,26,27,28). The number of aryl methyl sites for hydroxylation is 1. The molecule has 0 radical (unpaired) electrons. The van der Waals surface area contributed by atoms with Crippen LogP contribution in [0.15, 0.2) is 52.1 Å². The fourth-order valence-corrected chi connectivity index (χ4v) is 3.63. The van der Waals surface area contributed by atoms with Crippen LogP contribution in [0.3, 0.4) is 0 Å². The van der Waals surface area contributed by atoms with Crippen LogP contribution >= 0.6 is 0 Å². The predicted molar refractivity (Wildman–Crippen MR) is 118 cm³/mol. The van der Waals surface area contributed by atoms with Crippen LogP contribution in [0.25, 0.3) is 11.6 Å². The first-order valence-electron chi connectivity index (χ1n) is 10.5. The van der Waals surface area contributed by atoms with Crippen LogP contribution < -0.4 is 15.5 Å². The highest BCUT2D eigenvalue weighted by Gasteiger charge is 2.21. The maximum absolute atomic E-state index is 5.34. The Morgan fingerprint density at radius 3 is 2.93 bits per heavy atom. The highest BCUT2D eigenvalue weighted by Crippen LogP contribution is 2.20. The number of aliphatic imine (C=N–C) groups is 1. The van der Waals surface area contributed by atoms with Gasteiger partial charge in [0.25, 0.3) is 0 Å². The largest absolute Gasteiger partial charge is 0.461 e. The number of piperidine rings is 1. The topological polar surface area (TPSA) is 94.4 Å². The fraction of sp³-hybridized carbons (Fsp3) is 0.409. The van der Waals surface area contributed by atoms with Crippen molar-refractivity contribution in [2.45, 2.75) is 39.3 Å². The maximum Gasteiger partial charge on any atom is 0.216 e. The first-order valence-corrected chi connectivity index (χ1v) is 10.5. The van der Waals surface area contributed by atoms with Gasteiger partial charge in [-0.05, 0) is 51.0 Å². The van der Waals surface area contributed by atoms with Gasteiger partial charge in [0, 0.05) is 31.4 Å². The van der Waals surface area contributed by atoms with Crippen LogP contribution in [0.2, 0.25) is 0 Å². The van der Waals surface area contributed by atoms with E-state index in [2.05, 4.69) is 68.8 Å². The van der Waals surface area contributed by atoms with Gasteiger partial charge in [0.2, 0.25) is 5.82 Å². The molecule has 1 saturated heterocycles. The van der Waals surface area contributed by atoms with Crippen LogP contribution in [0.1, 0.15) is 31.2 Å². The van der Waals surface area contributed by atoms with Crippen LogP contribution in [-0.2, 0) is 6.54 Å². The van der Waals surface area contributed by atoms with Gasteiger partial charge in [-0.3, -0.25) is 5.10 Å². The molecule has 30 heavy (non-hydrogen) atoms. The molecule has 0 bridgehead atoms. The summed E-state index contributed by atoms with van der Waals surface area (Å²) in [5.74, 6) is 2.68. The summed E-state index contributed by atoms with van der Waals surface area (Å²) < 4.78 is 5.34. The van der Waals surface area contributed by atoms with Crippen LogP contribution in [0.5, 0.6) is 0 Å². The van der Waals surface area contributed by atoms with Crippen molar-refractivity contribution in [3.63, 3.8) is 0 Å². The molecule has 0 saturated carbocycles. The van der Waals surface area contributed by atoms with Gasteiger partial charge in [0.15, 0.2) is 11.7 Å². The second kappa shape index (κ2) is 9.47. The Kier molecular flexibility index (Phi) is 6.32. The van der Waals surface area contributed by atoms with Crippen molar-refractivity contribution in [3.8, 4) is 11.6 Å². The number of aromatic amines is 1. The van der Waals surface area contributed by atoms with Crippen molar-refractivity contribution >= 4 is 11.6 Å². The maximum atomic E-state index is 5.34. The smallest absolute Gasteiger partial charge is 0.216 e. The first kappa shape index (κ1) is 20.0. The number of anilines is 1. The Hall–Kier alpha value is -3.29. The molecule has 1 aromatic carbocycles. The number of nitrogens with one attached hydrogen (secondary N) is 3. The van der Waals surface area contributed by atoms with Gasteiger partial charge in [-0.2, -0.15) is 0 Å². The molecular weight excluding hydrogens is 378 g/mol. The number of hydrogen-bond donors (Lipinski definition) is 3. The van der Waals surface area contributed by atoms with Crippen molar-refractivity contribution < 1.29 is 4.42 Å². The van der Waals surface area contributed by atoms with Crippen LogP contribution in [-0.4, -0.2) is 46.8 Å². The van der Waals surface area contributed by atoms with E-state index in [0.717, 1.165) is 38.4 Å². The Morgan fingerprint density at radius 1 is 1.30 bits per heavy atom. The monoisotopic (exact) mass is 407 g/mol. The zero-order valence-electron chi connectivity index (χ0n) is 17.6. The highest BCUT2D eigenvalue weighted by atomic mass is 16.3. The molecule has 0 spiro atoms. The first-order chi connectivity index (χ1) is 14.7. The zero-order chi connectivity index (χ0) is 20.8. The number of furan rings is 1. The molecule has 1 unspecified atom stereocenters. The average molecular weight is 408 g/mol. The van der Waals surface area contributed by atoms with Crippen molar-refractivity contribution in [1.29, 1.82) is 0 Å². The highest BCUT2D eigenvalue weighted by molar-refractivity contribution is 5.80. The van der Waals surface area contributed by atoms with Gasteiger partial charge in [0.05, 0.1) is 6.26 Å². The fourth-order valence-electron chi connectivity index (χ4n) is 3.63. The Balaban J connectivity index is 1.38. The summed E-state index contributed by atoms with van der Waals surface area (Å²) in [6.45, 7) is 7.45. The van der Waals surface area contributed by atoms with E-state index in [1.165, 1.54) is 11.3 Å². The summed E-state index contributed by atoms with van der Waals surface area (Å²) in [6, 6.07) is 12.8. The Labute approximate surface area is 176 Å². The molecular formula is C22H29N7O. The molecule has 1 atom stereocenters. The number of hydrogen-bond acceptors (Lipinski definition) is 5. The molecule has 3 N–H and O–H groups in total. The quantitative estimate of drug-likeness (QED) is 0.429. The van der Waals surface area contributed by atoms with Gasteiger partial charge in [-0.1, -0.05) is 17.7 Å². The number of benzene rings is 1. The van der Waals surface area contributed by atoms with Crippen molar-refractivity contribution in [3.05, 3.63) is 54.0 Å². The third-order valence-electron chi connectivity index (χ3n) is 5.17. The molecule has 1 aliphatic rings. The van der Waals surface area contributed by atoms with Gasteiger partial charge in [-0.25, -0.2) is 9.98 Å². The van der Waals surface area contributed by atoms with E-state index in [4.69, 9.17) is 9.41 Å². The van der Waals surface area contributed by atoms with Crippen molar-refractivity contribution in [2.24, 2.45) is 4.99 Å². The molecule has 8 nitrogen and oxygen atoms in total. The van der Waals surface area contributed by atoms with Gasteiger partial charge >= 0.3 is 0 Å². The molecule has 0 aliphatic carbocycles. The molecule has 158 valence electrons. The molecule has 0 amide bonds. The minimum absolute atomic E-state index is 0.339. The van der Waals surface area contributed by atoms with Crippen LogP contribution in [0.4, 0.5) is 5.69 Å². The van der Waals surface area contributed by atoms with Gasteiger partial charge < -0.3 is 20.0 Å². The van der Waals surface area contributed by atoms with Gasteiger partial charge in [-0.15, -0.1) is 5.10 Å². The Bertz CT molecular complexity index is 946. The number of nitrogens with zero attached hydrogens (tertiary/aromatic N) is 4. The SMILES string of the molecule is CCNC(=NCc1nc(-c2ccco2)n[nH]1)NC1CCCN(c2ccc(C)cc2)C1. The van der Waals surface area contributed by atoms with E-state index in [1.807, 2.05) is 12.1 Å². The lowest BCUT2D eigenvalue weighted by Gasteiger charge is -2.35. The number of aromatic nitrogens is 3. The summed E-state index contributed by atoms with van der Waals surface area (Å²) in [5.41, 5.74) is 2.57. The lowest BCUT2D eigenvalue weighted by molar-refractivity contribution is 0.468. The third-order valence-corrected chi connectivity index (χ3v) is 5.17. The van der Waals surface area contributed by atoms with E-state index in [9.17, 15) is 0 Å². The van der Waals surface area contributed by atoms with E-state index in [-0.39, 0.29) is 0 Å². The molecule has 4 rings (SSSR count). The van der Waals surface area contributed by atoms with Crippen molar-refractivity contribution in [1.82, 2.24) is 25.8 Å². The second-order valence-electron chi connectivity index (χ2n) is 7.54. The Morgan fingerprint density at radius 2 is 2.17 bits per heavy atom. The van der Waals surface area contributed by atoms with E-state index >= 15 is 0 Å². The lowest BCUT2D eigenvalue weighted by atomic mass is 10.0. The lowest BCUT2D eigenvalue weighted by Crippen LogP contribution is -2.51. The predicted octanol–water partition coefficient (Wildman–Crippen LogP) is 3.10. The third kappa shape index (κ3) is 5.00. The number of H-pyrrole nitrogens is 1. The molecule has 3 heterocycles. The summed E-state index contributed by atoms with van der Waals surface area (Å²) in [5, 5.41) is 14.1. The van der Waals surface area contributed by atoms with E-state index in [0.29, 0.717) is 30.0 Å². The summed E-state index contributed by atoms with van der Waals surface area (Å²) in [7, 11) is 0. The molecule has 1 fully saturated rings. The summed E-state index contributed by atoms with van der Waals surface area (Å²) in [4.78, 5) is 11.6. The zero-order valence-corrected chi connectivity index (χ0v) is 17.6. The van der Waals surface area contributed by atoms with Crippen molar-refractivity contribution in [2.75, 3.05) is 24.5 Å². The molecule has 2 aromatic heterocycles. The minimum atomic E-state index is 0.339. The van der Waals surface area contributed by atoms with E-state index in [1.54, 1.807) is 6.26 Å². The van der Waals surface area contributed by atoms with E-state index < -0.39 is 0 Å². The number of guanidine groups is 1. The second-order valence-corrected chi connectivity index (χ2v) is 7.54. The minimum Gasteiger partial charge on any atom is -0.461 e. The normalized spacial score (nSPS) is 17.2. The molecule has 8 heteroatoms. The summed E-state index contributed by atoms with van der Waals surface area (Å²) >= 11 is 0. The van der Waals surface area contributed by atoms with Crippen LogP contribution in [0, 0.1) is 6.92 Å². The average Bonchev–Trinajstić information content (AvgIpc) is 3.45. The molecule has 3 aromatic rings. The number of rotatable bonds is 6. The summed E-state index contributed by atoms with van der Waals surface area (Å²) in [6.07, 6.45) is 3.89.